The standard InChI is InChI=1S/C18H22ClN3O4S/c1-5-6-15-20-18(22-21-15)27-14(17(23)24)9-11-7-12(19)16(26-10(2)3)13(8-11)25-4/h7-10H,5-6H2,1-4H3,(H,23,24)(H,20,21,22)/b14-9+. The van der Waals surface area contributed by atoms with Crippen LogP contribution in [-0.2, 0) is 11.2 Å². The Balaban J connectivity index is 2.33. The van der Waals surface area contributed by atoms with E-state index < -0.39 is 5.97 Å². The van der Waals surface area contributed by atoms with Gasteiger partial charge in [-0.05, 0) is 55.8 Å². The molecule has 0 atom stereocenters. The van der Waals surface area contributed by atoms with E-state index in [1.807, 2.05) is 20.8 Å². The zero-order valence-electron chi connectivity index (χ0n) is 15.6. The number of ether oxygens (including phenoxy) is 2. The summed E-state index contributed by atoms with van der Waals surface area (Å²) in [4.78, 5) is 16.0. The van der Waals surface area contributed by atoms with E-state index in [2.05, 4.69) is 15.2 Å². The Morgan fingerprint density at radius 1 is 1.44 bits per heavy atom. The summed E-state index contributed by atoms with van der Waals surface area (Å²) >= 11 is 7.27. The predicted molar refractivity (Wildman–Crippen MR) is 106 cm³/mol. The number of benzene rings is 1. The maximum absolute atomic E-state index is 11.6. The average molecular weight is 412 g/mol. The van der Waals surface area contributed by atoms with Gasteiger partial charge in [0.25, 0.3) is 0 Å². The van der Waals surface area contributed by atoms with Crippen LogP contribution in [0, 0.1) is 0 Å². The van der Waals surface area contributed by atoms with E-state index in [1.54, 1.807) is 12.1 Å². The van der Waals surface area contributed by atoms with Crippen LogP contribution in [0.3, 0.4) is 0 Å². The summed E-state index contributed by atoms with van der Waals surface area (Å²) in [6.45, 7) is 5.79. The Morgan fingerprint density at radius 3 is 2.78 bits per heavy atom. The van der Waals surface area contributed by atoms with Crippen molar-refractivity contribution in [2.24, 2.45) is 0 Å². The van der Waals surface area contributed by atoms with Gasteiger partial charge in [-0.3, -0.25) is 5.10 Å². The molecule has 2 rings (SSSR count). The molecule has 0 saturated heterocycles. The van der Waals surface area contributed by atoms with Gasteiger partial charge in [0.15, 0.2) is 11.5 Å². The van der Waals surface area contributed by atoms with Crippen molar-refractivity contribution < 1.29 is 19.4 Å². The SMILES string of the molecule is CCCc1nc(S/C(=C/c2cc(Cl)c(OC(C)C)c(OC)c2)C(=O)O)n[nH]1. The number of H-pyrrole nitrogens is 1. The molecule has 0 saturated carbocycles. The lowest BCUT2D eigenvalue weighted by molar-refractivity contribution is -0.131. The molecule has 0 unspecified atom stereocenters. The minimum Gasteiger partial charge on any atom is -0.493 e. The molecule has 0 fully saturated rings. The van der Waals surface area contributed by atoms with E-state index >= 15 is 0 Å². The zero-order chi connectivity index (χ0) is 20.0. The molecule has 0 radical (unpaired) electrons. The van der Waals surface area contributed by atoms with Gasteiger partial charge in [0.2, 0.25) is 5.16 Å². The van der Waals surface area contributed by atoms with Crippen LogP contribution in [0.2, 0.25) is 5.02 Å². The van der Waals surface area contributed by atoms with Gasteiger partial charge >= 0.3 is 5.97 Å². The molecule has 2 aromatic rings. The Kier molecular flexibility index (Phi) is 7.55. The number of nitrogens with zero attached hydrogens (tertiary/aromatic N) is 2. The van der Waals surface area contributed by atoms with Crippen molar-refractivity contribution in [3.05, 3.63) is 33.4 Å². The van der Waals surface area contributed by atoms with E-state index in [-0.39, 0.29) is 11.0 Å². The average Bonchev–Trinajstić information content (AvgIpc) is 3.03. The molecule has 0 aliphatic rings. The van der Waals surface area contributed by atoms with E-state index in [0.29, 0.717) is 27.2 Å². The summed E-state index contributed by atoms with van der Waals surface area (Å²) in [5.74, 6) is 0.499. The van der Waals surface area contributed by atoms with Crippen molar-refractivity contribution in [3.63, 3.8) is 0 Å². The largest absolute Gasteiger partial charge is 0.493 e. The maximum Gasteiger partial charge on any atom is 0.342 e. The molecule has 1 aromatic heterocycles. The minimum absolute atomic E-state index is 0.0627. The number of aryl methyl sites for hydroxylation is 1. The number of hydrogen-bond acceptors (Lipinski definition) is 6. The number of methoxy groups -OCH3 is 1. The van der Waals surface area contributed by atoms with Crippen LogP contribution in [0.25, 0.3) is 6.08 Å². The van der Waals surface area contributed by atoms with Crippen LogP contribution in [0.15, 0.2) is 22.2 Å². The molecule has 1 aromatic carbocycles. The summed E-state index contributed by atoms with van der Waals surface area (Å²) in [7, 11) is 1.50. The maximum atomic E-state index is 11.6. The number of halogens is 1. The fourth-order valence-corrected chi connectivity index (χ4v) is 3.22. The highest BCUT2D eigenvalue weighted by Gasteiger charge is 2.17. The highest BCUT2D eigenvalue weighted by Crippen LogP contribution is 2.38. The number of hydrogen-bond donors (Lipinski definition) is 2. The number of thioether (sulfide) groups is 1. The lowest BCUT2D eigenvalue weighted by atomic mass is 10.2. The van der Waals surface area contributed by atoms with Gasteiger partial charge in [0, 0.05) is 6.42 Å². The van der Waals surface area contributed by atoms with E-state index in [4.69, 9.17) is 21.1 Å². The first-order chi connectivity index (χ1) is 12.8. The lowest BCUT2D eigenvalue weighted by Crippen LogP contribution is -2.07. The second-order valence-corrected chi connectivity index (χ2v) is 7.35. The Bertz CT molecular complexity index is 836. The normalized spacial score (nSPS) is 11.7. The molecular weight excluding hydrogens is 390 g/mol. The van der Waals surface area contributed by atoms with Crippen molar-refractivity contribution in [2.75, 3.05) is 7.11 Å². The van der Waals surface area contributed by atoms with Crippen LogP contribution in [0.4, 0.5) is 0 Å². The van der Waals surface area contributed by atoms with Gasteiger partial charge < -0.3 is 14.6 Å². The number of rotatable bonds is 9. The Labute approximate surface area is 167 Å². The molecule has 0 amide bonds. The molecule has 0 spiro atoms. The molecule has 7 nitrogen and oxygen atoms in total. The summed E-state index contributed by atoms with van der Waals surface area (Å²) in [6.07, 6.45) is 3.09. The van der Waals surface area contributed by atoms with Gasteiger partial charge in [0.1, 0.15) is 10.7 Å². The van der Waals surface area contributed by atoms with Crippen LogP contribution >= 0.6 is 23.4 Å². The first-order valence-corrected chi connectivity index (χ1v) is 9.61. The lowest BCUT2D eigenvalue weighted by Gasteiger charge is -2.15. The molecule has 0 bridgehead atoms. The second kappa shape index (κ2) is 9.66. The van der Waals surface area contributed by atoms with E-state index in [0.717, 1.165) is 30.4 Å². The quantitative estimate of drug-likeness (QED) is 0.465. The fourth-order valence-electron chi connectivity index (χ4n) is 2.23. The Hall–Kier alpha value is -2.19. The number of aromatic amines is 1. The molecule has 1 heterocycles. The van der Waals surface area contributed by atoms with Crippen molar-refractivity contribution in [1.29, 1.82) is 0 Å². The minimum atomic E-state index is -1.08. The first-order valence-electron chi connectivity index (χ1n) is 8.42. The summed E-state index contributed by atoms with van der Waals surface area (Å²) < 4.78 is 11.0. The third-order valence-corrected chi connectivity index (χ3v) is 4.47. The summed E-state index contributed by atoms with van der Waals surface area (Å²) in [5, 5.41) is 17.1. The molecule has 2 N–H and O–H groups in total. The molecule has 0 aliphatic heterocycles. The molecular formula is C18H22ClN3O4S. The number of aromatic nitrogens is 3. The highest BCUT2D eigenvalue weighted by molar-refractivity contribution is 8.04. The first kappa shape index (κ1) is 21.1. The van der Waals surface area contributed by atoms with Gasteiger partial charge in [0.05, 0.1) is 18.2 Å². The topological polar surface area (TPSA) is 97.3 Å². The molecule has 9 heteroatoms. The van der Waals surface area contributed by atoms with Crippen LogP contribution < -0.4 is 9.47 Å². The summed E-state index contributed by atoms with van der Waals surface area (Å²) in [6, 6.07) is 3.30. The highest BCUT2D eigenvalue weighted by atomic mass is 35.5. The zero-order valence-corrected chi connectivity index (χ0v) is 17.1. The van der Waals surface area contributed by atoms with Gasteiger partial charge in [-0.2, -0.15) is 0 Å². The number of aliphatic carboxylic acids is 1. The predicted octanol–water partition coefficient (Wildman–Crippen LogP) is 4.42. The van der Waals surface area contributed by atoms with Crippen molar-refractivity contribution in [3.8, 4) is 11.5 Å². The van der Waals surface area contributed by atoms with Crippen molar-refractivity contribution >= 4 is 35.4 Å². The number of carboxylic acid groups (broad SMARTS) is 1. The molecule has 146 valence electrons. The number of nitrogens with one attached hydrogen (secondary N) is 1. The summed E-state index contributed by atoms with van der Waals surface area (Å²) in [5.41, 5.74) is 0.571. The molecule has 27 heavy (non-hydrogen) atoms. The van der Waals surface area contributed by atoms with Crippen LogP contribution in [0.5, 0.6) is 11.5 Å². The third-order valence-electron chi connectivity index (χ3n) is 3.31. The Morgan fingerprint density at radius 2 is 2.19 bits per heavy atom. The fraction of sp³-hybridized carbons (Fsp3) is 0.389. The van der Waals surface area contributed by atoms with Crippen LogP contribution in [0.1, 0.15) is 38.6 Å². The monoisotopic (exact) mass is 411 g/mol. The van der Waals surface area contributed by atoms with Crippen LogP contribution in [-0.4, -0.2) is 39.5 Å². The second-order valence-electron chi connectivity index (χ2n) is 5.93. The molecule has 0 aliphatic carbocycles. The van der Waals surface area contributed by atoms with Gasteiger partial charge in [-0.25, -0.2) is 9.78 Å². The number of carbonyl (C=O) groups is 1. The van der Waals surface area contributed by atoms with Gasteiger partial charge in [-0.15, -0.1) is 5.10 Å². The third kappa shape index (κ3) is 5.90. The smallest absolute Gasteiger partial charge is 0.342 e. The van der Waals surface area contributed by atoms with E-state index in [1.165, 1.54) is 13.2 Å². The van der Waals surface area contributed by atoms with Crippen molar-refractivity contribution in [1.82, 2.24) is 15.2 Å². The van der Waals surface area contributed by atoms with Crippen molar-refractivity contribution in [2.45, 2.75) is 44.9 Å². The van der Waals surface area contributed by atoms with E-state index in [9.17, 15) is 9.90 Å². The number of carboxylic acids is 1. The van der Waals surface area contributed by atoms with Gasteiger partial charge in [-0.1, -0.05) is 18.5 Å².